The SMILES string of the molecule is OCC1CC(C2CCC2)CCN1. The molecule has 0 bridgehead atoms. The van der Waals surface area contributed by atoms with Gasteiger partial charge < -0.3 is 10.4 Å². The molecule has 1 aliphatic carbocycles. The minimum Gasteiger partial charge on any atom is -0.395 e. The van der Waals surface area contributed by atoms with Gasteiger partial charge in [-0.05, 0) is 31.2 Å². The van der Waals surface area contributed by atoms with Crippen molar-refractivity contribution in [2.24, 2.45) is 11.8 Å². The zero-order valence-corrected chi connectivity index (χ0v) is 7.63. The summed E-state index contributed by atoms with van der Waals surface area (Å²) < 4.78 is 0. The number of nitrogens with one attached hydrogen (secondary N) is 1. The van der Waals surface area contributed by atoms with Gasteiger partial charge in [0.05, 0.1) is 6.61 Å². The van der Waals surface area contributed by atoms with Crippen LogP contribution in [0.15, 0.2) is 0 Å². The molecule has 0 aromatic carbocycles. The molecule has 2 N–H and O–H groups in total. The van der Waals surface area contributed by atoms with Crippen LogP contribution in [0.2, 0.25) is 0 Å². The molecule has 12 heavy (non-hydrogen) atoms. The van der Waals surface area contributed by atoms with Gasteiger partial charge in [0.15, 0.2) is 0 Å². The fourth-order valence-corrected chi connectivity index (χ4v) is 2.52. The topological polar surface area (TPSA) is 32.3 Å². The molecule has 2 aliphatic rings. The van der Waals surface area contributed by atoms with E-state index in [1.807, 2.05) is 0 Å². The summed E-state index contributed by atoms with van der Waals surface area (Å²) in [6.45, 7) is 1.44. The molecular formula is C10H19NO. The quantitative estimate of drug-likeness (QED) is 0.650. The Labute approximate surface area is 74.4 Å². The average Bonchev–Trinajstić information content (AvgIpc) is 2.02. The lowest BCUT2D eigenvalue weighted by Crippen LogP contribution is -2.43. The molecule has 0 aromatic heterocycles. The van der Waals surface area contributed by atoms with E-state index in [1.54, 1.807) is 0 Å². The van der Waals surface area contributed by atoms with Gasteiger partial charge in [0.1, 0.15) is 0 Å². The average molecular weight is 169 g/mol. The van der Waals surface area contributed by atoms with Crippen LogP contribution in [0.5, 0.6) is 0 Å². The number of piperidine rings is 1. The molecule has 1 heterocycles. The molecule has 0 spiro atoms. The van der Waals surface area contributed by atoms with Crippen molar-refractivity contribution in [1.82, 2.24) is 5.32 Å². The summed E-state index contributed by atoms with van der Waals surface area (Å²) in [4.78, 5) is 0. The minimum absolute atomic E-state index is 0.323. The van der Waals surface area contributed by atoms with Gasteiger partial charge in [-0.3, -0.25) is 0 Å². The summed E-state index contributed by atoms with van der Waals surface area (Å²) in [7, 11) is 0. The Morgan fingerprint density at radius 3 is 2.58 bits per heavy atom. The highest BCUT2D eigenvalue weighted by Crippen LogP contribution is 2.38. The first-order valence-electron chi connectivity index (χ1n) is 5.24. The Balaban J connectivity index is 1.81. The molecule has 1 saturated heterocycles. The summed E-state index contributed by atoms with van der Waals surface area (Å²) in [6, 6.07) is 0.393. The lowest BCUT2D eigenvalue weighted by molar-refractivity contribution is 0.121. The molecule has 1 saturated carbocycles. The highest BCUT2D eigenvalue weighted by Gasteiger charge is 2.30. The normalized spacial score (nSPS) is 37.8. The lowest BCUT2D eigenvalue weighted by Gasteiger charge is -2.39. The monoisotopic (exact) mass is 169 g/mol. The van der Waals surface area contributed by atoms with Crippen LogP contribution in [0.25, 0.3) is 0 Å². The molecule has 2 unspecified atom stereocenters. The second-order valence-corrected chi connectivity index (χ2v) is 4.31. The molecule has 2 rings (SSSR count). The maximum atomic E-state index is 9.02. The molecule has 0 aromatic rings. The zero-order chi connectivity index (χ0) is 8.39. The van der Waals surface area contributed by atoms with Gasteiger partial charge in [0, 0.05) is 6.04 Å². The Bertz CT molecular complexity index is 145. The highest BCUT2D eigenvalue weighted by molar-refractivity contribution is 4.85. The molecule has 2 fully saturated rings. The van der Waals surface area contributed by atoms with E-state index in [1.165, 1.54) is 32.1 Å². The first kappa shape index (κ1) is 8.52. The molecule has 0 amide bonds. The van der Waals surface area contributed by atoms with Crippen molar-refractivity contribution in [3.8, 4) is 0 Å². The van der Waals surface area contributed by atoms with Crippen molar-refractivity contribution in [2.45, 2.75) is 38.1 Å². The van der Waals surface area contributed by atoms with E-state index < -0.39 is 0 Å². The van der Waals surface area contributed by atoms with Gasteiger partial charge in [-0.25, -0.2) is 0 Å². The Hall–Kier alpha value is -0.0800. The second-order valence-electron chi connectivity index (χ2n) is 4.31. The van der Waals surface area contributed by atoms with E-state index in [9.17, 15) is 0 Å². The first-order valence-corrected chi connectivity index (χ1v) is 5.24. The van der Waals surface area contributed by atoms with E-state index in [0.717, 1.165) is 18.4 Å². The van der Waals surface area contributed by atoms with Gasteiger partial charge in [0.25, 0.3) is 0 Å². The molecule has 2 atom stereocenters. The fraction of sp³-hybridized carbons (Fsp3) is 1.00. The predicted molar refractivity (Wildman–Crippen MR) is 48.9 cm³/mol. The van der Waals surface area contributed by atoms with Crippen molar-refractivity contribution in [3.63, 3.8) is 0 Å². The summed E-state index contributed by atoms with van der Waals surface area (Å²) in [5.74, 6) is 1.92. The molecule has 1 aliphatic heterocycles. The van der Waals surface area contributed by atoms with Crippen molar-refractivity contribution in [1.29, 1.82) is 0 Å². The summed E-state index contributed by atoms with van der Waals surface area (Å²) in [5, 5.41) is 12.4. The molecular weight excluding hydrogens is 150 g/mol. The fourth-order valence-electron chi connectivity index (χ4n) is 2.52. The Kier molecular flexibility index (Phi) is 2.66. The first-order chi connectivity index (χ1) is 5.90. The van der Waals surface area contributed by atoms with Gasteiger partial charge in [-0.2, -0.15) is 0 Å². The van der Waals surface area contributed by atoms with E-state index in [2.05, 4.69) is 5.32 Å². The smallest absolute Gasteiger partial charge is 0.0584 e. The highest BCUT2D eigenvalue weighted by atomic mass is 16.3. The third-order valence-corrected chi connectivity index (χ3v) is 3.57. The maximum Gasteiger partial charge on any atom is 0.0584 e. The predicted octanol–water partition coefficient (Wildman–Crippen LogP) is 1.15. The van der Waals surface area contributed by atoms with Crippen LogP contribution >= 0.6 is 0 Å². The Morgan fingerprint density at radius 2 is 2.00 bits per heavy atom. The molecule has 70 valence electrons. The van der Waals surface area contributed by atoms with Crippen LogP contribution < -0.4 is 5.32 Å². The zero-order valence-electron chi connectivity index (χ0n) is 7.63. The number of aliphatic hydroxyl groups is 1. The van der Waals surface area contributed by atoms with Crippen LogP contribution in [-0.4, -0.2) is 24.3 Å². The lowest BCUT2D eigenvalue weighted by atomic mass is 9.71. The molecule has 2 heteroatoms. The van der Waals surface area contributed by atoms with Crippen molar-refractivity contribution in [3.05, 3.63) is 0 Å². The van der Waals surface area contributed by atoms with Gasteiger partial charge in [-0.15, -0.1) is 0 Å². The van der Waals surface area contributed by atoms with Crippen LogP contribution in [0.1, 0.15) is 32.1 Å². The largest absolute Gasteiger partial charge is 0.395 e. The minimum atomic E-state index is 0.323. The third-order valence-electron chi connectivity index (χ3n) is 3.57. The van der Waals surface area contributed by atoms with E-state index in [0.29, 0.717) is 12.6 Å². The van der Waals surface area contributed by atoms with Crippen molar-refractivity contribution >= 4 is 0 Å². The molecule has 0 radical (unpaired) electrons. The number of rotatable bonds is 2. The van der Waals surface area contributed by atoms with Gasteiger partial charge in [-0.1, -0.05) is 19.3 Å². The van der Waals surface area contributed by atoms with E-state index >= 15 is 0 Å². The summed E-state index contributed by atoms with van der Waals surface area (Å²) in [5.41, 5.74) is 0. The van der Waals surface area contributed by atoms with Gasteiger partial charge in [0.2, 0.25) is 0 Å². The van der Waals surface area contributed by atoms with Crippen LogP contribution in [0.4, 0.5) is 0 Å². The Morgan fingerprint density at radius 1 is 1.17 bits per heavy atom. The number of hydrogen-bond acceptors (Lipinski definition) is 2. The number of aliphatic hydroxyl groups excluding tert-OH is 1. The second kappa shape index (κ2) is 3.75. The number of hydrogen-bond donors (Lipinski definition) is 2. The summed E-state index contributed by atoms with van der Waals surface area (Å²) in [6.07, 6.45) is 6.88. The molecule has 2 nitrogen and oxygen atoms in total. The van der Waals surface area contributed by atoms with Crippen molar-refractivity contribution < 1.29 is 5.11 Å². The van der Waals surface area contributed by atoms with Crippen LogP contribution in [-0.2, 0) is 0 Å². The summed E-state index contributed by atoms with van der Waals surface area (Å²) >= 11 is 0. The van der Waals surface area contributed by atoms with E-state index in [4.69, 9.17) is 5.11 Å². The van der Waals surface area contributed by atoms with Gasteiger partial charge >= 0.3 is 0 Å². The van der Waals surface area contributed by atoms with Crippen LogP contribution in [0, 0.1) is 11.8 Å². The standard InChI is InChI=1S/C10H19NO/c12-7-10-6-9(4-5-11-10)8-2-1-3-8/h8-12H,1-7H2. The van der Waals surface area contributed by atoms with E-state index in [-0.39, 0.29) is 0 Å². The van der Waals surface area contributed by atoms with Crippen molar-refractivity contribution in [2.75, 3.05) is 13.2 Å². The third kappa shape index (κ3) is 1.64. The maximum absolute atomic E-state index is 9.02. The van der Waals surface area contributed by atoms with Crippen LogP contribution in [0.3, 0.4) is 0 Å².